The minimum Gasteiger partial charge on any atom is -0.406 e. The largest absolute Gasteiger partial charge is 0.573 e. The van der Waals surface area contributed by atoms with Gasteiger partial charge in [-0.1, -0.05) is 61.5 Å². The third-order valence-corrected chi connectivity index (χ3v) is 7.72. The number of aromatic nitrogens is 3. The Morgan fingerprint density at radius 1 is 1.09 bits per heavy atom. The number of aryl methyl sites for hydroxylation is 2. The number of aliphatic hydroxyl groups excluding tert-OH is 1. The topological polar surface area (TPSA) is 105 Å². The second-order valence-electron chi connectivity index (χ2n) is 10.1. The summed E-state index contributed by atoms with van der Waals surface area (Å²) in [6.45, 7) is 4.53. The number of halogens is 3. The Morgan fingerprint density at radius 3 is 2.55 bits per heavy atom. The van der Waals surface area contributed by atoms with Crippen molar-refractivity contribution in [2.75, 3.05) is 17.2 Å². The van der Waals surface area contributed by atoms with Gasteiger partial charge in [0.25, 0.3) is 0 Å². The van der Waals surface area contributed by atoms with Crippen LogP contribution in [0.3, 0.4) is 0 Å². The Morgan fingerprint density at radius 2 is 1.84 bits per heavy atom. The van der Waals surface area contributed by atoms with Crippen LogP contribution in [-0.4, -0.2) is 56.0 Å². The van der Waals surface area contributed by atoms with Crippen LogP contribution in [0.2, 0.25) is 0 Å². The number of amides is 1. The van der Waals surface area contributed by atoms with Crippen molar-refractivity contribution >= 4 is 28.5 Å². The summed E-state index contributed by atoms with van der Waals surface area (Å²) in [6.07, 6.45) is -2.04. The van der Waals surface area contributed by atoms with Crippen LogP contribution in [0.15, 0.2) is 78.0 Å². The van der Waals surface area contributed by atoms with E-state index < -0.39 is 12.7 Å². The van der Waals surface area contributed by atoms with Crippen LogP contribution in [0.1, 0.15) is 30.0 Å². The number of alkyl halides is 3. The second kappa shape index (κ2) is 13.6. The molecule has 1 aliphatic rings. The summed E-state index contributed by atoms with van der Waals surface area (Å²) in [4.78, 5) is 23.1. The molecule has 2 N–H and O–H groups in total. The van der Waals surface area contributed by atoms with Crippen molar-refractivity contribution in [3.63, 3.8) is 0 Å². The van der Waals surface area contributed by atoms with Crippen molar-refractivity contribution in [1.82, 2.24) is 20.1 Å². The number of nitrogens with one attached hydrogen (secondary N) is 1. The quantitative estimate of drug-likeness (QED) is 0.208. The lowest BCUT2D eigenvalue weighted by atomic mass is 10.0. The monoisotopic (exact) mass is 624 g/mol. The number of anilines is 1. The predicted octanol–water partition coefficient (Wildman–Crippen LogP) is 5.64. The Kier molecular flexibility index (Phi) is 9.67. The van der Waals surface area contributed by atoms with Crippen LogP contribution in [0.5, 0.6) is 5.75 Å². The number of carbonyl (C=O) groups excluding carboxylic acids is 1. The number of carbonyl (C=O) groups is 1. The van der Waals surface area contributed by atoms with Crippen LogP contribution in [0, 0.1) is 6.92 Å². The lowest BCUT2D eigenvalue weighted by molar-refractivity contribution is -0.274. The molecule has 1 unspecified atom stereocenters. The third-order valence-electron chi connectivity index (χ3n) is 6.78. The number of rotatable bonds is 11. The van der Waals surface area contributed by atoms with Crippen molar-refractivity contribution < 1.29 is 27.8 Å². The van der Waals surface area contributed by atoms with Crippen molar-refractivity contribution in [2.24, 2.45) is 4.99 Å². The summed E-state index contributed by atoms with van der Waals surface area (Å²) >= 11 is 1.31. The average molecular weight is 625 g/mol. The number of aliphatic imine (C=N–C) groups is 1. The lowest BCUT2D eigenvalue weighted by Crippen LogP contribution is -2.34. The van der Waals surface area contributed by atoms with Gasteiger partial charge in [-0.15, -0.1) is 18.3 Å². The number of amidine groups is 1. The molecule has 3 aromatic carbocycles. The number of thioether (sulfide) groups is 1. The Balaban J connectivity index is 1.16. The van der Waals surface area contributed by atoms with Gasteiger partial charge in [0, 0.05) is 12.1 Å². The van der Waals surface area contributed by atoms with E-state index in [1.165, 1.54) is 47.0 Å². The Hall–Kier alpha value is -4.20. The average Bonchev–Trinajstić information content (AvgIpc) is 3.61. The van der Waals surface area contributed by atoms with Gasteiger partial charge in [0.2, 0.25) is 12.3 Å². The van der Waals surface area contributed by atoms with Crippen molar-refractivity contribution in [3.05, 3.63) is 89.7 Å². The molecule has 2 heterocycles. The summed E-state index contributed by atoms with van der Waals surface area (Å²) in [5.41, 5.74) is 5.25. The van der Waals surface area contributed by atoms with E-state index in [0.29, 0.717) is 29.6 Å². The van der Waals surface area contributed by atoms with Crippen LogP contribution >= 0.6 is 11.8 Å². The first-order valence-electron chi connectivity index (χ1n) is 14.0. The molecular formula is C31H31F3N6O3S. The maximum atomic E-state index is 12.8. The molecule has 44 heavy (non-hydrogen) atoms. The van der Waals surface area contributed by atoms with Crippen molar-refractivity contribution in [2.45, 2.75) is 45.8 Å². The maximum Gasteiger partial charge on any atom is 0.573 e. The zero-order chi connectivity index (χ0) is 31.3. The Bertz CT molecular complexity index is 1620. The molecule has 9 nitrogen and oxygen atoms in total. The second-order valence-corrected chi connectivity index (χ2v) is 11.1. The van der Waals surface area contributed by atoms with E-state index in [1.54, 1.807) is 4.90 Å². The lowest BCUT2D eigenvalue weighted by Gasteiger charge is -2.21. The summed E-state index contributed by atoms with van der Waals surface area (Å²) in [5.74, 6) is 0.356. The van der Waals surface area contributed by atoms with Gasteiger partial charge >= 0.3 is 6.36 Å². The molecule has 0 radical (unpaired) electrons. The first-order valence-corrected chi connectivity index (χ1v) is 15.0. The number of aliphatic hydroxyl groups is 1. The van der Waals surface area contributed by atoms with Gasteiger partial charge in [-0.25, -0.2) is 14.7 Å². The van der Waals surface area contributed by atoms with E-state index in [0.717, 1.165) is 40.8 Å². The smallest absolute Gasteiger partial charge is 0.406 e. The molecule has 1 aromatic heterocycles. The fourth-order valence-electron chi connectivity index (χ4n) is 4.69. The summed E-state index contributed by atoms with van der Waals surface area (Å²) < 4.78 is 42.6. The molecule has 1 fully saturated rings. The van der Waals surface area contributed by atoms with Gasteiger partial charge in [-0.3, -0.25) is 15.0 Å². The van der Waals surface area contributed by atoms with Crippen LogP contribution in [0.4, 0.5) is 18.9 Å². The zero-order valence-electron chi connectivity index (χ0n) is 24.1. The molecule has 1 saturated heterocycles. The van der Waals surface area contributed by atoms with Gasteiger partial charge in [-0.2, -0.15) is 0 Å². The van der Waals surface area contributed by atoms with E-state index in [2.05, 4.69) is 32.1 Å². The molecule has 5 rings (SSSR count). The summed E-state index contributed by atoms with van der Waals surface area (Å²) in [6, 6.07) is 19.0. The molecule has 0 bridgehead atoms. The SMILES string of the molecule is CCCc1ccc(C)cc1N1C(=O)CSC1=NC(O)NCCc1ccc(-c2ncn(-c3ccc(OC(F)(F)F)cc3)n2)cc1. The molecule has 0 saturated carbocycles. The normalized spacial score (nSPS) is 15.3. The molecule has 0 aliphatic carbocycles. The molecule has 4 aromatic rings. The van der Waals surface area contributed by atoms with Gasteiger partial charge in [-0.05, 0) is 66.8 Å². The molecule has 1 aliphatic heterocycles. The fraction of sp³-hybridized carbons (Fsp3) is 0.290. The van der Waals surface area contributed by atoms with E-state index in [1.807, 2.05) is 49.4 Å². The molecule has 0 spiro atoms. The van der Waals surface area contributed by atoms with E-state index in [-0.39, 0.29) is 17.4 Å². The first kappa shape index (κ1) is 31.2. The molecule has 1 amide bonds. The fourth-order valence-corrected chi connectivity index (χ4v) is 5.58. The predicted molar refractivity (Wildman–Crippen MR) is 164 cm³/mol. The maximum absolute atomic E-state index is 12.8. The number of hydrogen-bond donors (Lipinski definition) is 2. The zero-order valence-corrected chi connectivity index (χ0v) is 24.9. The van der Waals surface area contributed by atoms with Crippen molar-refractivity contribution in [1.29, 1.82) is 0 Å². The molecule has 230 valence electrons. The van der Waals surface area contributed by atoms with Gasteiger partial charge in [0.1, 0.15) is 12.1 Å². The van der Waals surface area contributed by atoms with Crippen molar-refractivity contribution in [3.8, 4) is 22.8 Å². The minimum atomic E-state index is -4.75. The first-order chi connectivity index (χ1) is 21.1. The molecular weight excluding hydrogens is 593 g/mol. The highest BCUT2D eigenvalue weighted by atomic mass is 32.2. The van der Waals surface area contributed by atoms with Gasteiger partial charge < -0.3 is 9.84 Å². The minimum absolute atomic E-state index is 0.0586. The summed E-state index contributed by atoms with van der Waals surface area (Å²) in [7, 11) is 0. The highest BCUT2D eigenvalue weighted by molar-refractivity contribution is 8.15. The Labute approximate surface area is 256 Å². The highest BCUT2D eigenvalue weighted by Crippen LogP contribution is 2.31. The van der Waals surface area contributed by atoms with Gasteiger partial charge in [0.05, 0.1) is 17.1 Å². The number of ether oxygens (including phenoxy) is 1. The number of hydrogen-bond acceptors (Lipinski definition) is 8. The van der Waals surface area contributed by atoms with Crippen LogP contribution < -0.4 is 15.0 Å². The van der Waals surface area contributed by atoms with Crippen LogP contribution in [-0.2, 0) is 17.6 Å². The standard InChI is InChI=1S/C31H31F3N6O3S/c1-3-4-22-8-5-20(2)17-26(22)40-27(41)18-44-30(40)37-29(42)35-16-15-21-6-9-23(10-7-21)28-36-19-39(38-28)24-11-13-25(14-12-24)43-31(32,33)34/h5-14,17,19,29,35,42H,3-4,15-16,18H2,1-2H3. The molecule has 1 atom stereocenters. The summed E-state index contributed by atoms with van der Waals surface area (Å²) in [5, 5.41) is 18.5. The van der Waals surface area contributed by atoms with E-state index in [4.69, 9.17) is 0 Å². The van der Waals surface area contributed by atoms with Crippen LogP contribution in [0.25, 0.3) is 17.1 Å². The highest BCUT2D eigenvalue weighted by Gasteiger charge is 2.32. The van der Waals surface area contributed by atoms with E-state index >= 15 is 0 Å². The molecule has 13 heteroatoms. The number of nitrogens with zero attached hydrogens (tertiary/aromatic N) is 5. The van der Waals surface area contributed by atoms with Gasteiger partial charge in [0.15, 0.2) is 11.0 Å². The third kappa shape index (κ3) is 7.84. The number of benzene rings is 3. The van der Waals surface area contributed by atoms with E-state index in [9.17, 15) is 23.1 Å².